The molecule has 1 aromatic heterocycles. The fourth-order valence-electron chi connectivity index (χ4n) is 5.10. The molecule has 1 aliphatic rings. The first-order valence-electron chi connectivity index (χ1n) is 11.4. The molecule has 34 heavy (non-hydrogen) atoms. The van der Waals surface area contributed by atoms with Crippen LogP contribution >= 0.6 is 11.8 Å². The van der Waals surface area contributed by atoms with Crippen LogP contribution in [0.4, 0.5) is 17.1 Å². The Morgan fingerprint density at radius 2 is 1.12 bits per heavy atom. The molecule has 0 bridgehead atoms. The van der Waals surface area contributed by atoms with Crippen LogP contribution in [-0.4, -0.2) is 4.98 Å². The Kier molecular flexibility index (Phi) is 4.42. The van der Waals surface area contributed by atoms with Gasteiger partial charge in [-0.1, -0.05) is 90.6 Å². The summed E-state index contributed by atoms with van der Waals surface area (Å²) in [5.41, 5.74) is 6.06. The van der Waals surface area contributed by atoms with E-state index in [1.54, 1.807) is 0 Å². The lowest BCUT2D eigenvalue weighted by atomic mass is 9.90. The molecule has 0 saturated carbocycles. The third-order valence-corrected chi connectivity index (χ3v) is 7.65. The molecular weight excluding hydrogens is 432 g/mol. The van der Waals surface area contributed by atoms with Gasteiger partial charge in [0.2, 0.25) is 0 Å². The van der Waals surface area contributed by atoms with Gasteiger partial charge in [-0.25, -0.2) is 0 Å². The largest absolute Gasteiger partial charge is 0.307 e. The zero-order valence-electron chi connectivity index (χ0n) is 18.3. The molecular formula is C31H20N2S. The highest BCUT2D eigenvalue weighted by Gasteiger charge is 2.28. The number of hydrogen-bond donors (Lipinski definition) is 0. The molecule has 2 nitrogen and oxygen atoms in total. The molecule has 0 radical (unpaired) electrons. The third-order valence-electron chi connectivity index (χ3n) is 6.52. The van der Waals surface area contributed by atoms with Crippen molar-refractivity contribution in [1.29, 1.82) is 0 Å². The normalized spacial score (nSPS) is 12.5. The average molecular weight is 453 g/mol. The Balaban J connectivity index is 1.66. The summed E-state index contributed by atoms with van der Waals surface area (Å²) in [6, 6.07) is 39.0. The van der Waals surface area contributed by atoms with Crippen molar-refractivity contribution in [3.05, 3.63) is 122 Å². The molecule has 5 aromatic carbocycles. The summed E-state index contributed by atoms with van der Waals surface area (Å²) in [5, 5.41) is 4.83. The van der Waals surface area contributed by atoms with Crippen molar-refractivity contribution in [1.82, 2.24) is 4.98 Å². The number of aromatic nitrogens is 1. The van der Waals surface area contributed by atoms with E-state index in [0.29, 0.717) is 0 Å². The predicted molar refractivity (Wildman–Crippen MR) is 143 cm³/mol. The summed E-state index contributed by atoms with van der Waals surface area (Å²) in [7, 11) is 0. The van der Waals surface area contributed by atoms with Crippen molar-refractivity contribution >= 4 is 50.4 Å². The molecule has 0 unspecified atom stereocenters. The lowest BCUT2D eigenvalue weighted by Crippen LogP contribution is -2.15. The molecule has 3 heteroatoms. The Morgan fingerprint density at radius 1 is 0.529 bits per heavy atom. The second kappa shape index (κ2) is 7.75. The van der Waals surface area contributed by atoms with Gasteiger partial charge in [-0.05, 0) is 52.2 Å². The Hall–Kier alpha value is -4.08. The molecule has 0 saturated heterocycles. The summed E-state index contributed by atoms with van der Waals surface area (Å²) in [4.78, 5) is 9.54. The topological polar surface area (TPSA) is 16.1 Å². The molecule has 6 aromatic rings. The standard InChI is InChI=1S/C31H20N2S/c1-2-10-21(11-3-1)30-22-12-4-5-13-24(22)31(25-20-32-19-18-23(25)30)33-26-14-6-8-16-28(26)34-29-17-9-7-15-27(29)33/h1-20H. The van der Waals surface area contributed by atoms with Crippen LogP contribution in [0.2, 0.25) is 0 Å². The van der Waals surface area contributed by atoms with Gasteiger partial charge in [0.05, 0.1) is 17.1 Å². The smallest absolute Gasteiger partial charge is 0.0635 e. The molecule has 7 rings (SSSR count). The number of rotatable bonds is 2. The van der Waals surface area contributed by atoms with Gasteiger partial charge in [0.15, 0.2) is 0 Å². The first kappa shape index (κ1) is 19.4. The molecule has 160 valence electrons. The number of anilines is 3. The highest BCUT2D eigenvalue weighted by molar-refractivity contribution is 7.99. The van der Waals surface area contributed by atoms with Gasteiger partial charge < -0.3 is 4.90 Å². The van der Waals surface area contributed by atoms with Gasteiger partial charge >= 0.3 is 0 Å². The van der Waals surface area contributed by atoms with Crippen molar-refractivity contribution in [2.75, 3.05) is 4.90 Å². The average Bonchev–Trinajstić information content (AvgIpc) is 2.91. The summed E-state index contributed by atoms with van der Waals surface area (Å²) in [5.74, 6) is 0. The minimum Gasteiger partial charge on any atom is -0.307 e. The van der Waals surface area contributed by atoms with E-state index in [1.165, 1.54) is 54.1 Å². The van der Waals surface area contributed by atoms with Crippen LogP contribution in [0.1, 0.15) is 0 Å². The molecule has 0 spiro atoms. The molecule has 0 N–H and O–H groups in total. The summed E-state index contributed by atoms with van der Waals surface area (Å²) >= 11 is 1.83. The van der Waals surface area contributed by atoms with Crippen molar-refractivity contribution in [2.24, 2.45) is 0 Å². The Morgan fingerprint density at radius 3 is 1.85 bits per heavy atom. The van der Waals surface area contributed by atoms with E-state index < -0.39 is 0 Å². The molecule has 0 aliphatic carbocycles. The molecule has 0 amide bonds. The van der Waals surface area contributed by atoms with E-state index in [4.69, 9.17) is 0 Å². The Labute approximate surface area is 202 Å². The van der Waals surface area contributed by atoms with Gasteiger partial charge in [0, 0.05) is 33.0 Å². The number of fused-ring (bicyclic) bond motifs is 4. The fraction of sp³-hybridized carbons (Fsp3) is 0. The van der Waals surface area contributed by atoms with Crippen LogP contribution in [0, 0.1) is 0 Å². The first-order valence-corrected chi connectivity index (χ1v) is 12.2. The zero-order chi connectivity index (χ0) is 22.5. The van der Waals surface area contributed by atoms with Crippen LogP contribution in [0.3, 0.4) is 0 Å². The summed E-state index contributed by atoms with van der Waals surface area (Å²) < 4.78 is 0. The summed E-state index contributed by atoms with van der Waals surface area (Å²) in [6.45, 7) is 0. The van der Waals surface area contributed by atoms with Gasteiger partial charge in [-0.2, -0.15) is 0 Å². The fourth-order valence-corrected chi connectivity index (χ4v) is 6.16. The van der Waals surface area contributed by atoms with Crippen molar-refractivity contribution in [3.8, 4) is 11.1 Å². The second-order valence-electron chi connectivity index (χ2n) is 8.43. The van der Waals surface area contributed by atoms with Gasteiger partial charge in [0.1, 0.15) is 0 Å². The third kappa shape index (κ3) is 2.87. The number of hydrogen-bond acceptors (Lipinski definition) is 3. The van der Waals surface area contributed by atoms with Crippen molar-refractivity contribution in [2.45, 2.75) is 9.79 Å². The van der Waals surface area contributed by atoms with E-state index in [0.717, 1.165) is 5.39 Å². The van der Waals surface area contributed by atoms with Crippen molar-refractivity contribution < 1.29 is 0 Å². The predicted octanol–water partition coefficient (Wildman–Crippen LogP) is 8.99. The molecule has 2 heterocycles. The van der Waals surface area contributed by atoms with E-state index in [9.17, 15) is 0 Å². The minimum atomic E-state index is 1.15. The van der Waals surface area contributed by atoms with Gasteiger partial charge in [0.25, 0.3) is 0 Å². The number of para-hydroxylation sites is 2. The number of pyridine rings is 1. The maximum atomic E-state index is 4.59. The maximum absolute atomic E-state index is 4.59. The van der Waals surface area contributed by atoms with Crippen LogP contribution in [0.15, 0.2) is 131 Å². The summed E-state index contributed by atoms with van der Waals surface area (Å²) in [6.07, 6.45) is 3.93. The number of benzene rings is 5. The van der Waals surface area contributed by atoms with E-state index in [1.807, 2.05) is 24.2 Å². The van der Waals surface area contributed by atoms with Crippen LogP contribution in [-0.2, 0) is 0 Å². The van der Waals surface area contributed by atoms with Gasteiger partial charge in [-0.3, -0.25) is 4.98 Å². The quantitative estimate of drug-likeness (QED) is 0.243. The van der Waals surface area contributed by atoms with Crippen LogP contribution in [0.25, 0.3) is 32.7 Å². The van der Waals surface area contributed by atoms with Crippen LogP contribution < -0.4 is 4.90 Å². The molecule has 1 aliphatic heterocycles. The lowest BCUT2D eigenvalue weighted by Gasteiger charge is -2.34. The molecule has 0 atom stereocenters. The van der Waals surface area contributed by atoms with E-state index in [2.05, 4.69) is 119 Å². The van der Waals surface area contributed by atoms with E-state index in [-0.39, 0.29) is 0 Å². The minimum absolute atomic E-state index is 1.15. The zero-order valence-corrected chi connectivity index (χ0v) is 19.2. The van der Waals surface area contributed by atoms with Crippen molar-refractivity contribution in [3.63, 3.8) is 0 Å². The maximum Gasteiger partial charge on any atom is 0.0635 e. The van der Waals surface area contributed by atoms with Gasteiger partial charge in [-0.15, -0.1) is 0 Å². The Bertz CT molecular complexity index is 1590. The highest BCUT2D eigenvalue weighted by atomic mass is 32.2. The SMILES string of the molecule is c1ccc(-c2c3ccccc3c(N3c4ccccc4Sc4ccccc43)c3cnccc23)cc1. The number of nitrogens with zero attached hydrogens (tertiary/aromatic N) is 2. The monoisotopic (exact) mass is 452 g/mol. The lowest BCUT2D eigenvalue weighted by molar-refractivity contribution is 1.18. The van der Waals surface area contributed by atoms with Crippen LogP contribution in [0.5, 0.6) is 0 Å². The first-order chi connectivity index (χ1) is 16.9. The molecule has 0 fully saturated rings. The second-order valence-corrected chi connectivity index (χ2v) is 9.51. The highest BCUT2D eigenvalue weighted by Crippen LogP contribution is 2.55. The van der Waals surface area contributed by atoms with E-state index >= 15 is 0 Å².